The Kier molecular flexibility index (Phi) is 7.65. The molecule has 2 rings (SSSR count). The Hall–Kier alpha value is -1.30. The number of methoxy groups -OCH3 is 1. The van der Waals surface area contributed by atoms with Crippen LogP contribution in [-0.4, -0.2) is 63.7 Å². The lowest BCUT2D eigenvalue weighted by molar-refractivity contribution is -0.121. The Morgan fingerprint density at radius 1 is 1.17 bits per heavy atom. The molecule has 1 unspecified atom stereocenters. The average Bonchev–Trinajstić information content (AvgIpc) is 3.20. The molecule has 2 aliphatic rings. The molecule has 2 fully saturated rings. The molecule has 0 bridgehead atoms. The summed E-state index contributed by atoms with van der Waals surface area (Å²) in [7, 11) is 3.56. The molecular weight excluding hydrogens is 292 g/mol. The van der Waals surface area contributed by atoms with Gasteiger partial charge in [0.05, 0.1) is 6.61 Å². The van der Waals surface area contributed by atoms with Crippen LogP contribution >= 0.6 is 0 Å². The lowest BCUT2D eigenvalue weighted by Crippen LogP contribution is -2.43. The molecule has 1 saturated heterocycles. The predicted molar refractivity (Wildman–Crippen MR) is 92.5 cm³/mol. The van der Waals surface area contributed by atoms with Crippen molar-refractivity contribution in [3.8, 4) is 0 Å². The van der Waals surface area contributed by atoms with Gasteiger partial charge in [-0.15, -0.1) is 0 Å². The maximum atomic E-state index is 11.9. The highest BCUT2D eigenvalue weighted by molar-refractivity contribution is 5.80. The smallest absolute Gasteiger partial charge is 0.220 e. The molecule has 1 aliphatic heterocycles. The van der Waals surface area contributed by atoms with Gasteiger partial charge in [-0.3, -0.25) is 9.79 Å². The minimum absolute atomic E-state index is 0.190. The summed E-state index contributed by atoms with van der Waals surface area (Å²) in [6.07, 6.45) is 6.85. The highest BCUT2D eigenvalue weighted by atomic mass is 16.5. The maximum Gasteiger partial charge on any atom is 0.220 e. The average molecular weight is 324 g/mol. The number of hydrogen-bond donors (Lipinski definition) is 2. The van der Waals surface area contributed by atoms with Gasteiger partial charge >= 0.3 is 0 Å². The number of amides is 1. The summed E-state index contributed by atoms with van der Waals surface area (Å²) in [6, 6.07) is 0. The van der Waals surface area contributed by atoms with Gasteiger partial charge in [-0.1, -0.05) is 12.8 Å². The number of aliphatic imine (C=N–C) groups is 1. The van der Waals surface area contributed by atoms with E-state index in [2.05, 4.69) is 20.5 Å². The van der Waals surface area contributed by atoms with Gasteiger partial charge in [0.2, 0.25) is 5.91 Å². The molecule has 6 nitrogen and oxygen atoms in total. The highest BCUT2D eigenvalue weighted by Gasteiger charge is 2.24. The van der Waals surface area contributed by atoms with E-state index in [1.807, 2.05) is 7.05 Å². The van der Waals surface area contributed by atoms with E-state index in [0.717, 1.165) is 32.1 Å². The van der Waals surface area contributed by atoms with Crippen LogP contribution in [0.3, 0.4) is 0 Å². The van der Waals surface area contributed by atoms with E-state index < -0.39 is 0 Å². The summed E-state index contributed by atoms with van der Waals surface area (Å²) in [6.45, 7) is 4.18. The molecule has 6 heteroatoms. The molecule has 0 spiro atoms. The number of nitrogens with one attached hydrogen (secondary N) is 2. The van der Waals surface area contributed by atoms with Gasteiger partial charge in [-0.25, -0.2) is 0 Å². The van der Waals surface area contributed by atoms with Gasteiger partial charge in [0.15, 0.2) is 5.96 Å². The van der Waals surface area contributed by atoms with Crippen molar-refractivity contribution in [1.82, 2.24) is 15.5 Å². The van der Waals surface area contributed by atoms with Crippen LogP contribution in [0.25, 0.3) is 0 Å². The van der Waals surface area contributed by atoms with Gasteiger partial charge in [-0.05, 0) is 25.2 Å². The Bertz CT molecular complexity index is 394. The first kappa shape index (κ1) is 18.0. The quantitative estimate of drug-likeness (QED) is 0.420. The molecule has 132 valence electrons. The zero-order chi connectivity index (χ0) is 16.5. The Morgan fingerprint density at radius 3 is 2.61 bits per heavy atom. The number of guanidine groups is 1. The van der Waals surface area contributed by atoms with E-state index in [4.69, 9.17) is 4.74 Å². The van der Waals surface area contributed by atoms with Crippen LogP contribution in [0, 0.1) is 11.8 Å². The minimum atomic E-state index is 0.190. The standard InChI is InChI=1S/C17H32N4O2/c1-18-17(21-10-7-15(12-21)13-23-2)20-9-8-19-16(22)11-14-5-3-4-6-14/h14-15H,3-13H2,1-2H3,(H,18,20)(H,19,22). The lowest BCUT2D eigenvalue weighted by atomic mass is 10.0. The number of carbonyl (C=O) groups excluding carboxylic acids is 1. The number of nitrogens with zero attached hydrogens (tertiary/aromatic N) is 2. The molecule has 1 amide bonds. The summed E-state index contributed by atoms with van der Waals surface area (Å²) in [4.78, 5) is 18.5. The maximum absolute atomic E-state index is 11.9. The summed E-state index contributed by atoms with van der Waals surface area (Å²) in [5, 5.41) is 6.36. The van der Waals surface area contributed by atoms with Crippen molar-refractivity contribution >= 4 is 11.9 Å². The van der Waals surface area contributed by atoms with Gasteiger partial charge in [0.1, 0.15) is 0 Å². The number of rotatable bonds is 7. The first-order valence-electron chi connectivity index (χ1n) is 8.94. The van der Waals surface area contributed by atoms with E-state index in [1.165, 1.54) is 25.7 Å². The Labute approximate surface area is 140 Å². The Morgan fingerprint density at radius 2 is 1.91 bits per heavy atom. The van der Waals surface area contributed by atoms with E-state index in [0.29, 0.717) is 31.3 Å². The SMILES string of the molecule is CN=C(NCCNC(=O)CC1CCCC1)N1CCC(COC)C1. The number of hydrogen-bond acceptors (Lipinski definition) is 3. The fourth-order valence-corrected chi connectivity index (χ4v) is 3.65. The zero-order valence-corrected chi connectivity index (χ0v) is 14.6. The van der Waals surface area contributed by atoms with Gasteiger partial charge in [-0.2, -0.15) is 0 Å². The van der Waals surface area contributed by atoms with Crippen LogP contribution < -0.4 is 10.6 Å². The topological polar surface area (TPSA) is 66.0 Å². The molecule has 0 radical (unpaired) electrons. The van der Waals surface area contributed by atoms with E-state index in [-0.39, 0.29) is 5.91 Å². The molecule has 0 aromatic rings. The van der Waals surface area contributed by atoms with E-state index in [9.17, 15) is 4.79 Å². The van der Waals surface area contributed by atoms with Crippen LogP contribution in [0.2, 0.25) is 0 Å². The lowest BCUT2D eigenvalue weighted by Gasteiger charge is -2.21. The third kappa shape index (κ3) is 6.01. The largest absolute Gasteiger partial charge is 0.384 e. The molecule has 23 heavy (non-hydrogen) atoms. The fraction of sp³-hybridized carbons (Fsp3) is 0.882. The molecule has 1 saturated carbocycles. The number of likely N-dealkylation sites (tertiary alicyclic amines) is 1. The molecule has 1 heterocycles. The monoisotopic (exact) mass is 324 g/mol. The minimum Gasteiger partial charge on any atom is -0.384 e. The Balaban J connectivity index is 1.59. The van der Waals surface area contributed by atoms with E-state index in [1.54, 1.807) is 7.11 Å². The van der Waals surface area contributed by atoms with Crippen molar-refractivity contribution in [2.75, 3.05) is 46.9 Å². The molecule has 2 N–H and O–H groups in total. The van der Waals surface area contributed by atoms with Gasteiger partial charge in [0, 0.05) is 52.7 Å². The predicted octanol–water partition coefficient (Wildman–Crippen LogP) is 1.23. The van der Waals surface area contributed by atoms with Crippen LogP contribution in [0.4, 0.5) is 0 Å². The van der Waals surface area contributed by atoms with Crippen molar-refractivity contribution in [3.63, 3.8) is 0 Å². The first-order chi connectivity index (χ1) is 11.2. The summed E-state index contributed by atoms with van der Waals surface area (Å²) < 4.78 is 5.23. The second-order valence-corrected chi connectivity index (χ2v) is 6.73. The van der Waals surface area contributed by atoms with Crippen LogP contribution in [-0.2, 0) is 9.53 Å². The summed E-state index contributed by atoms with van der Waals surface area (Å²) in [5.41, 5.74) is 0. The van der Waals surface area contributed by atoms with Crippen molar-refractivity contribution in [1.29, 1.82) is 0 Å². The highest BCUT2D eigenvalue weighted by Crippen LogP contribution is 2.27. The number of ether oxygens (including phenoxy) is 1. The molecule has 0 aromatic carbocycles. The third-order valence-electron chi connectivity index (χ3n) is 4.88. The van der Waals surface area contributed by atoms with Crippen molar-refractivity contribution in [3.05, 3.63) is 0 Å². The van der Waals surface area contributed by atoms with Crippen molar-refractivity contribution in [2.24, 2.45) is 16.8 Å². The first-order valence-corrected chi connectivity index (χ1v) is 8.94. The summed E-state index contributed by atoms with van der Waals surface area (Å²) >= 11 is 0. The second kappa shape index (κ2) is 9.75. The molecule has 1 atom stereocenters. The third-order valence-corrected chi connectivity index (χ3v) is 4.88. The number of carbonyl (C=O) groups is 1. The zero-order valence-electron chi connectivity index (χ0n) is 14.6. The summed E-state index contributed by atoms with van der Waals surface area (Å²) in [5.74, 6) is 2.31. The van der Waals surface area contributed by atoms with Crippen LogP contribution in [0.15, 0.2) is 4.99 Å². The second-order valence-electron chi connectivity index (χ2n) is 6.73. The van der Waals surface area contributed by atoms with Crippen molar-refractivity contribution < 1.29 is 9.53 Å². The van der Waals surface area contributed by atoms with Gasteiger partial charge < -0.3 is 20.3 Å². The fourth-order valence-electron chi connectivity index (χ4n) is 3.65. The molecule has 0 aromatic heterocycles. The van der Waals surface area contributed by atoms with Crippen LogP contribution in [0.1, 0.15) is 38.5 Å². The normalized spacial score (nSPS) is 22.6. The van der Waals surface area contributed by atoms with Crippen molar-refractivity contribution in [2.45, 2.75) is 38.5 Å². The molecule has 1 aliphatic carbocycles. The molecular formula is C17H32N4O2. The van der Waals surface area contributed by atoms with Crippen LogP contribution in [0.5, 0.6) is 0 Å². The van der Waals surface area contributed by atoms with E-state index >= 15 is 0 Å². The van der Waals surface area contributed by atoms with Gasteiger partial charge in [0.25, 0.3) is 0 Å².